The molecule has 0 saturated carbocycles. The Morgan fingerprint density at radius 2 is 1.82 bits per heavy atom. The molecule has 0 spiro atoms. The van der Waals surface area contributed by atoms with Crippen molar-refractivity contribution in [3.8, 4) is 0 Å². The average Bonchev–Trinajstić information content (AvgIpc) is 2.65. The number of amides is 1. The number of benzene rings is 1. The molecule has 1 aliphatic heterocycles. The molecule has 0 aromatic heterocycles. The highest BCUT2D eigenvalue weighted by Crippen LogP contribution is 2.24. The van der Waals surface area contributed by atoms with Crippen molar-refractivity contribution in [3.63, 3.8) is 0 Å². The fraction of sp³-hybridized carbons (Fsp3) is 0.500. The zero-order chi connectivity index (χ0) is 16.3. The van der Waals surface area contributed by atoms with Gasteiger partial charge in [-0.2, -0.15) is 13.2 Å². The van der Waals surface area contributed by atoms with Crippen LogP contribution in [0.1, 0.15) is 16.8 Å². The summed E-state index contributed by atoms with van der Waals surface area (Å²) in [5, 5.41) is 0.631. The summed E-state index contributed by atoms with van der Waals surface area (Å²) in [7, 11) is 0. The molecule has 22 heavy (non-hydrogen) atoms. The third-order valence-corrected chi connectivity index (χ3v) is 4.18. The van der Waals surface area contributed by atoms with Crippen LogP contribution in [0.5, 0.6) is 0 Å². The summed E-state index contributed by atoms with van der Waals surface area (Å²) in [5.74, 6) is -0.243. The maximum Gasteiger partial charge on any atom is 0.401 e. The summed E-state index contributed by atoms with van der Waals surface area (Å²) in [6, 6.07) is 4.57. The Morgan fingerprint density at radius 1 is 1.09 bits per heavy atom. The van der Waals surface area contributed by atoms with E-state index < -0.39 is 12.7 Å². The van der Waals surface area contributed by atoms with Gasteiger partial charge in [-0.15, -0.1) is 0 Å². The van der Waals surface area contributed by atoms with Crippen LogP contribution in [-0.2, 0) is 0 Å². The minimum atomic E-state index is -4.22. The van der Waals surface area contributed by atoms with Gasteiger partial charge in [0.1, 0.15) is 0 Å². The average molecular weight is 355 g/mol. The van der Waals surface area contributed by atoms with E-state index in [1.165, 1.54) is 17.0 Å². The maximum atomic E-state index is 12.4. The molecule has 0 aliphatic carbocycles. The van der Waals surface area contributed by atoms with E-state index >= 15 is 0 Å². The lowest BCUT2D eigenvalue weighted by Crippen LogP contribution is -2.38. The number of halogens is 5. The van der Waals surface area contributed by atoms with Crippen LogP contribution in [0.4, 0.5) is 13.2 Å². The number of nitrogens with zero attached hydrogens (tertiary/aromatic N) is 2. The molecule has 3 nitrogen and oxygen atoms in total. The lowest BCUT2D eigenvalue weighted by molar-refractivity contribution is -0.145. The molecule has 1 aromatic rings. The molecule has 122 valence electrons. The van der Waals surface area contributed by atoms with E-state index in [1.807, 2.05) is 0 Å². The molecule has 1 aromatic carbocycles. The van der Waals surface area contributed by atoms with Gasteiger partial charge in [-0.05, 0) is 24.6 Å². The quantitative estimate of drug-likeness (QED) is 0.808. The first kappa shape index (κ1) is 17.4. The van der Waals surface area contributed by atoms with Crippen LogP contribution in [0.3, 0.4) is 0 Å². The highest BCUT2D eigenvalue weighted by Gasteiger charge is 2.32. The van der Waals surface area contributed by atoms with Crippen molar-refractivity contribution in [1.29, 1.82) is 0 Å². The van der Waals surface area contributed by atoms with E-state index in [0.717, 1.165) is 0 Å². The minimum Gasteiger partial charge on any atom is -0.337 e. The van der Waals surface area contributed by atoms with E-state index in [-0.39, 0.29) is 24.0 Å². The first-order chi connectivity index (χ1) is 10.3. The van der Waals surface area contributed by atoms with Gasteiger partial charge in [0, 0.05) is 31.7 Å². The summed E-state index contributed by atoms with van der Waals surface area (Å²) in [4.78, 5) is 15.3. The zero-order valence-corrected chi connectivity index (χ0v) is 13.2. The predicted octanol–water partition coefficient (Wildman–Crippen LogP) is 3.70. The van der Waals surface area contributed by atoms with Crippen molar-refractivity contribution < 1.29 is 18.0 Å². The molecular weight excluding hydrogens is 340 g/mol. The van der Waals surface area contributed by atoms with Crippen molar-refractivity contribution in [2.75, 3.05) is 32.7 Å². The van der Waals surface area contributed by atoms with Gasteiger partial charge in [-0.25, -0.2) is 0 Å². The van der Waals surface area contributed by atoms with E-state index in [1.54, 1.807) is 11.0 Å². The van der Waals surface area contributed by atoms with E-state index in [0.29, 0.717) is 30.1 Å². The van der Waals surface area contributed by atoms with Crippen molar-refractivity contribution in [3.05, 3.63) is 33.8 Å². The largest absolute Gasteiger partial charge is 0.401 e. The van der Waals surface area contributed by atoms with Gasteiger partial charge in [0.2, 0.25) is 0 Å². The summed E-state index contributed by atoms with van der Waals surface area (Å²) >= 11 is 11.7. The summed E-state index contributed by atoms with van der Waals surface area (Å²) in [5.41, 5.74) is 0.388. The lowest BCUT2D eigenvalue weighted by Gasteiger charge is -2.23. The second-order valence-electron chi connectivity index (χ2n) is 5.17. The SMILES string of the molecule is O=C(c1ccc(Cl)c(Cl)c1)N1CCCN(CC(F)(F)F)CC1. The van der Waals surface area contributed by atoms with Crippen LogP contribution in [-0.4, -0.2) is 54.6 Å². The van der Waals surface area contributed by atoms with E-state index in [2.05, 4.69) is 0 Å². The molecule has 0 radical (unpaired) electrons. The highest BCUT2D eigenvalue weighted by atomic mass is 35.5. The monoisotopic (exact) mass is 354 g/mol. The van der Waals surface area contributed by atoms with Crippen molar-refractivity contribution in [2.24, 2.45) is 0 Å². The van der Waals surface area contributed by atoms with Gasteiger partial charge >= 0.3 is 6.18 Å². The molecule has 1 saturated heterocycles. The van der Waals surface area contributed by atoms with Gasteiger partial charge in [0.25, 0.3) is 5.91 Å². The third kappa shape index (κ3) is 4.76. The van der Waals surface area contributed by atoms with Crippen molar-refractivity contribution in [1.82, 2.24) is 9.80 Å². The Bertz CT molecular complexity index is 551. The Balaban J connectivity index is 2.01. The second kappa shape index (κ2) is 7.06. The zero-order valence-electron chi connectivity index (χ0n) is 11.7. The van der Waals surface area contributed by atoms with Crippen LogP contribution in [0, 0.1) is 0 Å². The molecule has 0 bridgehead atoms. The molecule has 1 fully saturated rings. The molecule has 1 amide bonds. The van der Waals surface area contributed by atoms with Crippen molar-refractivity contribution in [2.45, 2.75) is 12.6 Å². The number of carbonyl (C=O) groups excluding carboxylic acids is 1. The number of alkyl halides is 3. The predicted molar refractivity (Wildman–Crippen MR) is 79.5 cm³/mol. The number of hydrogen-bond donors (Lipinski definition) is 0. The Hall–Kier alpha value is -0.980. The third-order valence-electron chi connectivity index (χ3n) is 3.45. The summed E-state index contributed by atoms with van der Waals surface area (Å²) in [6.07, 6.45) is -3.72. The molecule has 2 rings (SSSR count). The van der Waals surface area contributed by atoms with Crippen LogP contribution in [0.25, 0.3) is 0 Å². The Labute approximate surface area is 136 Å². The molecule has 0 atom stereocenters. The second-order valence-corrected chi connectivity index (χ2v) is 5.98. The van der Waals surface area contributed by atoms with Crippen LogP contribution in [0.2, 0.25) is 10.0 Å². The van der Waals surface area contributed by atoms with Crippen LogP contribution >= 0.6 is 23.2 Å². The molecule has 0 unspecified atom stereocenters. The summed E-state index contributed by atoms with van der Waals surface area (Å²) < 4.78 is 37.3. The highest BCUT2D eigenvalue weighted by molar-refractivity contribution is 6.42. The molecular formula is C14H15Cl2F3N2O. The standard InChI is InChI=1S/C14H15Cl2F3N2O/c15-11-3-2-10(8-12(11)16)13(22)21-5-1-4-20(6-7-21)9-14(17,18)19/h2-3,8H,1,4-7,9H2. The van der Waals surface area contributed by atoms with Crippen LogP contribution < -0.4 is 0 Å². The number of hydrogen-bond acceptors (Lipinski definition) is 2. The molecule has 1 heterocycles. The molecule has 8 heteroatoms. The first-order valence-corrected chi connectivity index (χ1v) is 7.55. The first-order valence-electron chi connectivity index (χ1n) is 6.80. The van der Waals surface area contributed by atoms with Gasteiger partial charge < -0.3 is 4.90 Å². The fourth-order valence-electron chi connectivity index (χ4n) is 2.40. The van der Waals surface area contributed by atoms with Gasteiger partial charge in [0.15, 0.2) is 0 Å². The van der Waals surface area contributed by atoms with Gasteiger partial charge in [-0.1, -0.05) is 23.2 Å². The number of carbonyl (C=O) groups is 1. The molecule has 1 aliphatic rings. The van der Waals surface area contributed by atoms with E-state index in [4.69, 9.17) is 23.2 Å². The van der Waals surface area contributed by atoms with Gasteiger partial charge in [-0.3, -0.25) is 9.69 Å². The fourth-order valence-corrected chi connectivity index (χ4v) is 2.70. The van der Waals surface area contributed by atoms with Crippen molar-refractivity contribution >= 4 is 29.1 Å². The van der Waals surface area contributed by atoms with Crippen LogP contribution in [0.15, 0.2) is 18.2 Å². The summed E-state index contributed by atoms with van der Waals surface area (Å²) in [6.45, 7) is 0.266. The maximum absolute atomic E-state index is 12.4. The Kier molecular flexibility index (Phi) is 5.58. The lowest BCUT2D eigenvalue weighted by atomic mass is 10.2. The smallest absolute Gasteiger partial charge is 0.337 e. The Morgan fingerprint density at radius 3 is 2.45 bits per heavy atom. The molecule has 0 N–H and O–H groups in total. The number of rotatable bonds is 2. The normalized spacial score (nSPS) is 17.4. The van der Waals surface area contributed by atoms with E-state index in [9.17, 15) is 18.0 Å². The topological polar surface area (TPSA) is 23.6 Å². The minimum absolute atomic E-state index is 0.201. The van der Waals surface area contributed by atoms with Gasteiger partial charge in [0.05, 0.1) is 16.6 Å².